The second kappa shape index (κ2) is 3.09. The van der Waals surface area contributed by atoms with Crippen molar-refractivity contribution in [2.24, 2.45) is 5.41 Å². The van der Waals surface area contributed by atoms with E-state index in [0.29, 0.717) is 5.41 Å². The van der Waals surface area contributed by atoms with E-state index in [1.807, 2.05) is 0 Å². The number of rotatable bonds is 3. The van der Waals surface area contributed by atoms with Crippen molar-refractivity contribution in [2.45, 2.75) is 19.9 Å². The van der Waals surface area contributed by atoms with E-state index in [1.165, 1.54) is 0 Å². The molecule has 0 unspecified atom stereocenters. The lowest BCUT2D eigenvalue weighted by Gasteiger charge is -2.49. The molecule has 0 aromatic rings. The highest BCUT2D eigenvalue weighted by Crippen LogP contribution is 2.29. The van der Waals surface area contributed by atoms with E-state index in [1.54, 1.807) is 0 Å². The van der Waals surface area contributed by atoms with E-state index in [9.17, 15) is 0 Å². The third-order valence-corrected chi connectivity index (χ3v) is 2.20. The Labute approximate surface area is 67.6 Å². The summed E-state index contributed by atoms with van der Waals surface area (Å²) in [7, 11) is 0. The van der Waals surface area contributed by atoms with Gasteiger partial charge in [0.25, 0.3) is 0 Å². The molecule has 2 N–H and O–H groups in total. The van der Waals surface area contributed by atoms with Gasteiger partial charge in [-0.25, -0.2) is 0 Å². The van der Waals surface area contributed by atoms with Gasteiger partial charge in [-0.15, -0.1) is 0 Å². The van der Waals surface area contributed by atoms with Gasteiger partial charge in [-0.2, -0.15) is 0 Å². The van der Waals surface area contributed by atoms with E-state index >= 15 is 0 Å². The summed E-state index contributed by atoms with van der Waals surface area (Å²) in [5.74, 6) is 0. The largest absolute Gasteiger partial charge is 0.395 e. The Morgan fingerprint density at radius 3 is 2.00 bits per heavy atom. The quantitative estimate of drug-likeness (QED) is 0.593. The molecule has 0 atom stereocenters. The maximum absolute atomic E-state index is 8.83. The van der Waals surface area contributed by atoms with Crippen molar-refractivity contribution in [1.82, 2.24) is 4.90 Å². The van der Waals surface area contributed by atoms with Gasteiger partial charge in [0.05, 0.1) is 19.3 Å². The van der Waals surface area contributed by atoms with Gasteiger partial charge in [0, 0.05) is 13.1 Å². The van der Waals surface area contributed by atoms with Crippen LogP contribution in [0.2, 0.25) is 0 Å². The summed E-state index contributed by atoms with van der Waals surface area (Å²) >= 11 is 0. The lowest BCUT2D eigenvalue weighted by atomic mass is 9.83. The average Bonchev–Trinajstić information content (AvgIpc) is 1.86. The summed E-state index contributed by atoms with van der Waals surface area (Å²) in [6.07, 6.45) is 0. The summed E-state index contributed by atoms with van der Waals surface area (Å²) in [5.41, 5.74) is 0.378. The molecule has 66 valence electrons. The van der Waals surface area contributed by atoms with Crippen LogP contribution < -0.4 is 0 Å². The fraction of sp³-hybridized carbons (Fsp3) is 1.00. The molecule has 1 heterocycles. The summed E-state index contributed by atoms with van der Waals surface area (Å²) in [5, 5.41) is 17.7. The highest BCUT2D eigenvalue weighted by atomic mass is 16.3. The van der Waals surface area contributed by atoms with Gasteiger partial charge in [-0.1, -0.05) is 13.8 Å². The average molecular weight is 159 g/mol. The second-order valence-corrected chi connectivity index (χ2v) is 4.09. The lowest BCUT2D eigenvalue weighted by molar-refractivity contribution is -0.0417. The van der Waals surface area contributed by atoms with Crippen LogP contribution in [0, 0.1) is 5.41 Å². The molecular formula is C8H17NO2. The number of nitrogens with zero attached hydrogens (tertiary/aromatic N) is 1. The zero-order valence-corrected chi connectivity index (χ0v) is 7.25. The summed E-state index contributed by atoms with van der Waals surface area (Å²) in [6.45, 7) is 6.47. The predicted octanol–water partition coefficient (Wildman–Crippen LogP) is -0.319. The third-order valence-electron chi connectivity index (χ3n) is 2.20. The Morgan fingerprint density at radius 2 is 1.73 bits per heavy atom. The molecule has 0 amide bonds. The third kappa shape index (κ3) is 1.92. The molecule has 0 aromatic heterocycles. The van der Waals surface area contributed by atoms with Crippen LogP contribution in [-0.2, 0) is 0 Å². The summed E-state index contributed by atoms with van der Waals surface area (Å²) in [4.78, 5) is 2.11. The van der Waals surface area contributed by atoms with Crippen molar-refractivity contribution in [1.29, 1.82) is 0 Å². The smallest absolute Gasteiger partial charge is 0.0609 e. The first kappa shape index (κ1) is 8.97. The second-order valence-electron chi connectivity index (χ2n) is 4.09. The molecule has 1 aliphatic rings. The van der Waals surface area contributed by atoms with Gasteiger partial charge < -0.3 is 10.2 Å². The van der Waals surface area contributed by atoms with Crippen molar-refractivity contribution in [2.75, 3.05) is 26.3 Å². The SMILES string of the molecule is CC1(C)CN(C(CO)CO)C1. The number of aliphatic hydroxyl groups excluding tert-OH is 2. The number of aliphatic hydroxyl groups is 2. The monoisotopic (exact) mass is 159 g/mol. The molecule has 0 spiro atoms. The van der Waals surface area contributed by atoms with Crippen LogP contribution in [0.3, 0.4) is 0 Å². The number of hydrogen-bond acceptors (Lipinski definition) is 3. The molecule has 3 nitrogen and oxygen atoms in total. The van der Waals surface area contributed by atoms with Crippen LogP contribution in [0.25, 0.3) is 0 Å². The first-order chi connectivity index (χ1) is 5.09. The van der Waals surface area contributed by atoms with Crippen LogP contribution in [0.5, 0.6) is 0 Å². The number of likely N-dealkylation sites (tertiary alicyclic amines) is 1. The molecular weight excluding hydrogens is 142 g/mol. The lowest BCUT2D eigenvalue weighted by Crippen LogP contribution is -2.59. The first-order valence-electron chi connectivity index (χ1n) is 4.05. The van der Waals surface area contributed by atoms with E-state index in [-0.39, 0.29) is 19.3 Å². The molecule has 0 radical (unpaired) electrons. The van der Waals surface area contributed by atoms with Crippen molar-refractivity contribution in [3.63, 3.8) is 0 Å². The van der Waals surface area contributed by atoms with Crippen molar-refractivity contribution >= 4 is 0 Å². The molecule has 0 saturated carbocycles. The highest BCUT2D eigenvalue weighted by Gasteiger charge is 2.37. The fourth-order valence-electron chi connectivity index (χ4n) is 1.60. The molecule has 0 aliphatic carbocycles. The molecule has 0 aromatic carbocycles. The molecule has 1 aliphatic heterocycles. The predicted molar refractivity (Wildman–Crippen MR) is 43.3 cm³/mol. The molecule has 1 rings (SSSR count). The maximum atomic E-state index is 8.83. The van der Waals surface area contributed by atoms with Crippen molar-refractivity contribution in [3.8, 4) is 0 Å². The molecule has 11 heavy (non-hydrogen) atoms. The zero-order valence-electron chi connectivity index (χ0n) is 7.25. The standard InChI is InChI=1S/C8H17NO2/c1-8(2)5-9(6-8)7(3-10)4-11/h7,10-11H,3-6H2,1-2H3. The van der Waals surface area contributed by atoms with Gasteiger partial charge in [0.1, 0.15) is 0 Å². The minimum atomic E-state index is -0.0389. The fourth-order valence-corrected chi connectivity index (χ4v) is 1.60. The highest BCUT2D eigenvalue weighted by molar-refractivity contribution is 4.91. The Hall–Kier alpha value is -0.120. The van der Waals surface area contributed by atoms with Crippen molar-refractivity contribution in [3.05, 3.63) is 0 Å². The van der Waals surface area contributed by atoms with Gasteiger partial charge >= 0.3 is 0 Å². The van der Waals surface area contributed by atoms with Crippen LogP contribution in [-0.4, -0.2) is 47.5 Å². The van der Waals surface area contributed by atoms with Crippen LogP contribution in [0.4, 0.5) is 0 Å². The topological polar surface area (TPSA) is 43.7 Å². The van der Waals surface area contributed by atoms with Crippen molar-refractivity contribution < 1.29 is 10.2 Å². The Bertz CT molecular complexity index is 124. The van der Waals surface area contributed by atoms with E-state index < -0.39 is 0 Å². The molecule has 1 fully saturated rings. The number of hydrogen-bond donors (Lipinski definition) is 2. The minimum Gasteiger partial charge on any atom is -0.395 e. The van der Waals surface area contributed by atoms with E-state index in [0.717, 1.165) is 13.1 Å². The van der Waals surface area contributed by atoms with Crippen LogP contribution in [0.15, 0.2) is 0 Å². The molecule has 1 saturated heterocycles. The van der Waals surface area contributed by atoms with Gasteiger partial charge in [-0.05, 0) is 5.41 Å². The van der Waals surface area contributed by atoms with E-state index in [4.69, 9.17) is 10.2 Å². The van der Waals surface area contributed by atoms with Gasteiger partial charge in [-0.3, -0.25) is 4.90 Å². The van der Waals surface area contributed by atoms with E-state index in [2.05, 4.69) is 18.7 Å². The molecule has 3 heteroatoms. The Morgan fingerprint density at radius 1 is 1.27 bits per heavy atom. The Kier molecular flexibility index (Phi) is 2.52. The summed E-state index contributed by atoms with van der Waals surface area (Å²) in [6, 6.07) is -0.0389. The maximum Gasteiger partial charge on any atom is 0.0609 e. The normalized spacial score (nSPS) is 23.7. The van der Waals surface area contributed by atoms with Gasteiger partial charge in [0.15, 0.2) is 0 Å². The minimum absolute atomic E-state index is 0.0389. The molecule has 0 bridgehead atoms. The first-order valence-corrected chi connectivity index (χ1v) is 4.05. The van der Waals surface area contributed by atoms with Crippen LogP contribution in [0.1, 0.15) is 13.8 Å². The zero-order chi connectivity index (χ0) is 8.48. The summed E-state index contributed by atoms with van der Waals surface area (Å²) < 4.78 is 0. The van der Waals surface area contributed by atoms with Gasteiger partial charge in [0.2, 0.25) is 0 Å². The van der Waals surface area contributed by atoms with Crippen LogP contribution >= 0.6 is 0 Å². The Balaban J connectivity index is 2.30.